The Morgan fingerprint density at radius 3 is 2.70 bits per heavy atom. The predicted molar refractivity (Wildman–Crippen MR) is 77.7 cm³/mol. The third-order valence-corrected chi connectivity index (χ3v) is 4.54. The minimum Gasteiger partial charge on any atom is -0.493 e. The van der Waals surface area contributed by atoms with Crippen LogP contribution in [0, 0.1) is 0 Å². The number of nitrogens with one attached hydrogen (secondary N) is 1. The summed E-state index contributed by atoms with van der Waals surface area (Å²) in [6.07, 6.45) is 5.09. The number of methoxy groups -OCH3 is 1. The van der Waals surface area contributed by atoms with Gasteiger partial charge in [0.25, 0.3) is 0 Å². The lowest BCUT2D eigenvalue weighted by Gasteiger charge is -2.42. The fourth-order valence-electron chi connectivity index (χ4n) is 2.98. The summed E-state index contributed by atoms with van der Waals surface area (Å²) in [5.41, 5.74) is 1.53. The van der Waals surface area contributed by atoms with Crippen molar-refractivity contribution >= 4 is 0 Å². The molecule has 1 aromatic carbocycles. The number of hydrogen-bond donors (Lipinski definition) is 1. The molecule has 1 aromatic rings. The minimum atomic E-state index is 0.348. The van der Waals surface area contributed by atoms with E-state index in [0.717, 1.165) is 23.8 Å². The van der Waals surface area contributed by atoms with Crippen LogP contribution in [0.3, 0.4) is 0 Å². The van der Waals surface area contributed by atoms with Crippen molar-refractivity contribution in [1.29, 1.82) is 0 Å². The van der Waals surface area contributed by atoms with Gasteiger partial charge in [0.1, 0.15) is 13.2 Å². The fourth-order valence-corrected chi connectivity index (χ4v) is 2.98. The first-order chi connectivity index (χ1) is 9.76. The topological polar surface area (TPSA) is 39.7 Å². The number of ether oxygens (including phenoxy) is 3. The molecule has 0 atom stereocenters. The summed E-state index contributed by atoms with van der Waals surface area (Å²) in [6, 6.07) is 4.11. The van der Waals surface area contributed by atoms with Gasteiger partial charge in [-0.05, 0) is 43.4 Å². The van der Waals surface area contributed by atoms with E-state index in [0.29, 0.717) is 18.8 Å². The monoisotopic (exact) mass is 277 g/mol. The molecule has 0 spiro atoms. The van der Waals surface area contributed by atoms with Gasteiger partial charge < -0.3 is 19.5 Å². The Kier molecular flexibility index (Phi) is 3.74. The first kappa shape index (κ1) is 13.6. The van der Waals surface area contributed by atoms with E-state index in [1.54, 1.807) is 7.11 Å². The van der Waals surface area contributed by atoms with Crippen LogP contribution < -0.4 is 19.5 Å². The summed E-state index contributed by atoms with van der Waals surface area (Å²) in [4.78, 5) is 0. The molecule has 1 N–H and O–H groups in total. The summed E-state index contributed by atoms with van der Waals surface area (Å²) in [7, 11) is 1.67. The zero-order valence-electron chi connectivity index (χ0n) is 12.3. The van der Waals surface area contributed by atoms with Crippen LogP contribution in [-0.4, -0.2) is 25.9 Å². The lowest BCUT2D eigenvalue weighted by molar-refractivity contribution is 0.163. The van der Waals surface area contributed by atoms with Gasteiger partial charge in [0.05, 0.1) is 7.11 Å². The molecule has 0 bridgehead atoms. The highest BCUT2D eigenvalue weighted by Crippen LogP contribution is 2.41. The van der Waals surface area contributed by atoms with Crippen molar-refractivity contribution in [3.05, 3.63) is 17.7 Å². The van der Waals surface area contributed by atoms with Crippen molar-refractivity contribution in [1.82, 2.24) is 5.32 Å². The van der Waals surface area contributed by atoms with Crippen molar-refractivity contribution in [2.24, 2.45) is 0 Å². The lowest BCUT2D eigenvalue weighted by atomic mass is 9.75. The van der Waals surface area contributed by atoms with Crippen molar-refractivity contribution in [2.75, 3.05) is 20.3 Å². The SMILES string of the molecule is CCC1(NCc2cc(OC)c3c(c2)OCCO3)CCC1. The van der Waals surface area contributed by atoms with Crippen LogP contribution in [0.4, 0.5) is 0 Å². The Morgan fingerprint density at radius 2 is 2.05 bits per heavy atom. The average molecular weight is 277 g/mol. The van der Waals surface area contributed by atoms with Crippen LogP contribution >= 0.6 is 0 Å². The van der Waals surface area contributed by atoms with Crippen LogP contribution in [0.15, 0.2) is 12.1 Å². The number of hydrogen-bond acceptors (Lipinski definition) is 4. The summed E-state index contributed by atoms with van der Waals surface area (Å²) in [5, 5.41) is 3.70. The van der Waals surface area contributed by atoms with E-state index < -0.39 is 0 Å². The Balaban J connectivity index is 1.76. The minimum absolute atomic E-state index is 0.348. The van der Waals surface area contributed by atoms with Gasteiger partial charge in [0.15, 0.2) is 11.5 Å². The van der Waals surface area contributed by atoms with Gasteiger partial charge in [-0.1, -0.05) is 6.92 Å². The highest BCUT2D eigenvalue weighted by Gasteiger charge is 2.34. The molecule has 1 fully saturated rings. The molecule has 110 valence electrons. The van der Waals surface area contributed by atoms with E-state index in [9.17, 15) is 0 Å². The molecule has 1 saturated carbocycles. The lowest BCUT2D eigenvalue weighted by Crippen LogP contribution is -2.49. The van der Waals surface area contributed by atoms with Gasteiger partial charge in [-0.15, -0.1) is 0 Å². The molecule has 4 heteroatoms. The molecule has 1 heterocycles. The van der Waals surface area contributed by atoms with Gasteiger partial charge in [-0.3, -0.25) is 0 Å². The zero-order chi connectivity index (χ0) is 14.0. The van der Waals surface area contributed by atoms with E-state index in [1.165, 1.54) is 31.2 Å². The molecule has 2 aliphatic rings. The van der Waals surface area contributed by atoms with Crippen LogP contribution in [0.5, 0.6) is 17.2 Å². The quantitative estimate of drug-likeness (QED) is 0.898. The van der Waals surface area contributed by atoms with Crippen LogP contribution in [0.1, 0.15) is 38.2 Å². The summed E-state index contributed by atoms with van der Waals surface area (Å²) in [5.74, 6) is 2.29. The van der Waals surface area contributed by atoms with Crippen LogP contribution in [0.2, 0.25) is 0 Å². The largest absolute Gasteiger partial charge is 0.493 e. The molecule has 0 unspecified atom stereocenters. The molecule has 4 nitrogen and oxygen atoms in total. The van der Waals surface area contributed by atoms with Gasteiger partial charge >= 0.3 is 0 Å². The van der Waals surface area contributed by atoms with Crippen molar-refractivity contribution in [2.45, 2.75) is 44.7 Å². The Morgan fingerprint density at radius 1 is 1.25 bits per heavy atom. The molecular formula is C16H23NO3. The second-order valence-corrected chi connectivity index (χ2v) is 5.66. The van der Waals surface area contributed by atoms with Gasteiger partial charge in [0, 0.05) is 12.1 Å². The predicted octanol–water partition coefficient (Wildman–Crippen LogP) is 2.89. The molecule has 0 amide bonds. The molecule has 1 aliphatic heterocycles. The average Bonchev–Trinajstić information content (AvgIpc) is 2.45. The van der Waals surface area contributed by atoms with Crippen molar-refractivity contribution < 1.29 is 14.2 Å². The van der Waals surface area contributed by atoms with Crippen LogP contribution in [0.25, 0.3) is 0 Å². The smallest absolute Gasteiger partial charge is 0.203 e. The van der Waals surface area contributed by atoms with Crippen LogP contribution in [-0.2, 0) is 6.54 Å². The third-order valence-electron chi connectivity index (χ3n) is 4.54. The normalized spacial score (nSPS) is 19.3. The van der Waals surface area contributed by atoms with Gasteiger partial charge in [0.2, 0.25) is 5.75 Å². The van der Waals surface area contributed by atoms with E-state index >= 15 is 0 Å². The fraction of sp³-hybridized carbons (Fsp3) is 0.625. The summed E-state index contributed by atoms with van der Waals surface area (Å²) in [6.45, 7) is 4.29. The van der Waals surface area contributed by atoms with E-state index in [2.05, 4.69) is 18.3 Å². The maximum atomic E-state index is 5.67. The first-order valence-electron chi connectivity index (χ1n) is 7.48. The van der Waals surface area contributed by atoms with Crippen molar-refractivity contribution in [3.63, 3.8) is 0 Å². The first-order valence-corrected chi connectivity index (χ1v) is 7.48. The molecule has 20 heavy (non-hydrogen) atoms. The highest BCUT2D eigenvalue weighted by atomic mass is 16.6. The summed E-state index contributed by atoms with van der Waals surface area (Å²) < 4.78 is 16.7. The molecule has 0 aromatic heterocycles. The van der Waals surface area contributed by atoms with E-state index in [1.807, 2.05) is 6.07 Å². The Hall–Kier alpha value is -1.42. The van der Waals surface area contributed by atoms with Crippen molar-refractivity contribution in [3.8, 4) is 17.2 Å². The van der Waals surface area contributed by atoms with E-state index in [4.69, 9.17) is 14.2 Å². The van der Waals surface area contributed by atoms with Gasteiger partial charge in [-0.2, -0.15) is 0 Å². The molecule has 1 aliphatic carbocycles. The van der Waals surface area contributed by atoms with E-state index in [-0.39, 0.29) is 0 Å². The Bertz CT molecular complexity index is 460. The number of rotatable bonds is 5. The maximum absolute atomic E-state index is 5.67. The molecule has 3 rings (SSSR count). The molecule has 0 radical (unpaired) electrons. The summed E-state index contributed by atoms with van der Waals surface area (Å²) >= 11 is 0. The third kappa shape index (κ3) is 2.44. The highest BCUT2D eigenvalue weighted by molar-refractivity contribution is 5.54. The number of benzene rings is 1. The number of fused-ring (bicyclic) bond motifs is 1. The standard InChI is InChI=1S/C16H23NO3/c1-3-16(5-4-6-16)17-11-12-9-13(18-2)15-14(10-12)19-7-8-20-15/h9-10,17H,3-8,11H2,1-2H3. The second kappa shape index (κ2) is 5.52. The molecular weight excluding hydrogens is 254 g/mol. The molecule has 0 saturated heterocycles. The zero-order valence-corrected chi connectivity index (χ0v) is 12.3. The maximum Gasteiger partial charge on any atom is 0.203 e. The van der Waals surface area contributed by atoms with Gasteiger partial charge in [-0.25, -0.2) is 0 Å². The Labute approximate surface area is 120 Å². The second-order valence-electron chi connectivity index (χ2n) is 5.66.